The van der Waals surface area contributed by atoms with E-state index in [4.69, 9.17) is 18.4 Å². The zero-order valence-electron chi connectivity index (χ0n) is 13.1. The van der Waals surface area contributed by atoms with Crippen LogP contribution in [0.3, 0.4) is 0 Å². The molecule has 2 unspecified atom stereocenters. The van der Waals surface area contributed by atoms with Crippen molar-refractivity contribution in [1.82, 2.24) is 0 Å². The molecule has 0 aromatic heterocycles. The van der Waals surface area contributed by atoms with Gasteiger partial charge in [0.1, 0.15) is 25.8 Å². The Kier molecular flexibility index (Phi) is 12.2. The van der Waals surface area contributed by atoms with E-state index in [9.17, 15) is 20.0 Å². The van der Waals surface area contributed by atoms with Gasteiger partial charge in [0.2, 0.25) is 16.0 Å². The molecule has 1 radical (unpaired) electrons. The summed E-state index contributed by atoms with van der Waals surface area (Å²) in [6.07, 6.45) is 6.38. The summed E-state index contributed by atoms with van der Waals surface area (Å²) in [4.78, 5) is 21.5. The average Bonchev–Trinajstić information content (AvgIpc) is 2.43. The maximum Gasteiger partial charge on any atom is 0.488 e. The fraction of sp³-hybridized carbons (Fsp3) is 0.500. The lowest BCUT2D eigenvalue weighted by molar-refractivity contribution is -0.172. The zero-order chi connectivity index (χ0) is 17.8. The SMILES string of the molecule is C=[P+]([O-])OC/C(CO[B]OC/C(CO[P+](=C)[O-])=C(\C)O)=C(/C)O. The molecule has 0 bridgehead atoms. The molecule has 0 rings (SSSR count). The quantitative estimate of drug-likeness (QED) is 0.221. The fourth-order valence-corrected chi connectivity index (χ4v) is 1.72. The van der Waals surface area contributed by atoms with E-state index in [2.05, 4.69) is 12.6 Å². The first-order chi connectivity index (χ1) is 10.7. The Hall–Kier alpha value is -0.755. The number of hydrogen-bond acceptors (Lipinski definition) is 8. The normalized spacial score (nSPS) is 14.8. The monoisotopic (exact) mass is 365 g/mol. The van der Waals surface area contributed by atoms with Gasteiger partial charge < -0.3 is 29.3 Å². The van der Waals surface area contributed by atoms with Crippen LogP contribution in [0.4, 0.5) is 0 Å². The van der Waals surface area contributed by atoms with Crippen LogP contribution in [0.1, 0.15) is 13.8 Å². The Labute approximate surface area is 138 Å². The topological polar surface area (TPSA) is 124 Å². The van der Waals surface area contributed by atoms with Gasteiger partial charge in [-0.2, -0.15) is 9.05 Å². The minimum Gasteiger partial charge on any atom is -0.603 e. The van der Waals surface area contributed by atoms with Gasteiger partial charge in [0.15, 0.2) is 0 Å². The van der Waals surface area contributed by atoms with E-state index in [1.54, 1.807) is 0 Å². The number of aliphatic hydroxyl groups is 2. The highest BCUT2D eigenvalue weighted by molar-refractivity contribution is 7.43. The minimum absolute atomic E-state index is 0.0188. The second kappa shape index (κ2) is 12.6. The lowest BCUT2D eigenvalue weighted by Crippen LogP contribution is -2.14. The van der Waals surface area contributed by atoms with Gasteiger partial charge in [0, 0.05) is 11.1 Å². The van der Waals surface area contributed by atoms with Crippen molar-refractivity contribution in [1.29, 1.82) is 0 Å². The summed E-state index contributed by atoms with van der Waals surface area (Å²) >= 11 is 0. The maximum atomic E-state index is 10.8. The number of aliphatic hydroxyl groups excluding tert-OH is 2. The van der Waals surface area contributed by atoms with Crippen molar-refractivity contribution >= 4 is 36.3 Å². The van der Waals surface area contributed by atoms with Crippen molar-refractivity contribution in [3.8, 4) is 0 Å². The van der Waals surface area contributed by atoms with Gasteiger partial charge in [0.05, 0.1) is 24.7 Å². The average molecular weight is 365 g/mol. The third-order valence-electron chi connectivity index (χ3n) is 2.44. The van der Waals surface area contributed by atoms with Crippen molar-refractivity contribution in [3.63, 3.8) is 0 Å². The summed E-state index contributed by atoms with van der Waals surface area (Å²) in [6, 6.07) is 0. The highest BCUT2D eigenvalue weighted by atomic mass is 31.1. The first-order valence-corrected chi connectivity index (χ1v) is 9.08. The molecule has 0 amide bonds. The smallest absolute Gasteiger partial charge is 0.488 e. The molecule has 0 aromatic carbocycles. The summed E-state index contributed by atoms with van der Waals surface area (Å²) in [6.45, 7) is 2.63. The first kappa shape index (κ1) is 22.2. The van der Waals surface area contributed by atoms with Crippen molar-refractivity contribution in [2.45, 2.75) is 13.8 Å². The summed E-state index contributed by atoms with van der Waals surface area (Å²) < 4.78 is 19.7. The summed E-state index contributed by atoms with van der Waals surface area (Å²) in [5, 5.41) is 18.8. The second-order valence-electron chi connectivity index (χ2n) is 4.31. The molecule has 0 fully saturated rings. The third kappa shape index (κ3) is 12.3. The number of allylic oxidation sites excluding steroid dienone is 2. The van der Waals surface area contributed by atoms with E-state index in [0.717, 1.165) is 7.69 Å². The van der Waals surface area contributed by atoms with Crippen molar-refractivity contribution in [3.05, 3.63) is 22.7 Å². The zero-order valence-corrected chi connectivity index (χ0v) is 14.8. The van der Waals surface area contributed by atoms with E-state index >= 15 is 0 Å². The summed E-state index contributed by atoms with van der Waals surface area (Å²) in [5.74, 6) is -0.0376. The third-order valence-corrected chi connectivity index (χ3v) is 3.27. The van der Waals surface area contributed by atoms with Gasteiger partial charge in [-0.3, -0.25) is 0 Å². The molecule has 0 aromatic rings. The highest BCUT2D eigenvalue weighted by Crippen LogP contribution is 2.14. The van der Waals surface area contributed by atoms with E-state index in [-0.39, 0.29) is 37.9 Å². The Morgan fingerprint density at radius 2 is 1.22 bits per heavy atom. The molecule has 23 heavy (non-hydrogen) atoms. The molecule has 0 aliphatic heterocycles. The van der Waals surface area contributed by atoms with Crippen molar-refractivity contribution in [2.75, 3.05) is 26.4 Å². The predicted octanol–water partition coefficient (Wildman–Crippen LogP) is 0.459. The maximum absolute atomic E-state index is 10.8. The van der Waals surface area contributed by atoms with Gasteiger partial charge >= 0.3 is 7.69 Å². The second-order valence-corrected chi connectivity index (χ2v) is 6.16. The van der Waals surface area contributed by atoms with Gasteiger partial charge in [-0.25, -0.2) is 0 Å². The molecule has 2 N–H and O–H groups in total. The van der Waals surface area contributed by atoms with Gasteiger partial charge in [0.25, 0.3) is 0 Å². The largest absolute Gasteiger partial charge is 0.603 e. The molecule has 8 nitrogen and oxygen atoms in total. The Morgan fingerprint density at radius 3 is 1.48 bits per heavy atom. The van der Waals surface area contributed by atoms with E-state index in [0.29, 0.717) is 11.1 Å². The molecule has 0 spiro atoms. The fourth-order valence-electron chi connectivity index (χ4n) is 1.12. The van der Waals surface area contributed by atoms with Crippen LogP contribution in [-0.2, 0) is 18.4 Å². The Balaban J connectivity index is 4.14. The molecule has 0 aliphatic rings. The van der Waals surface area contributed by atoms with Crippen LogP contribution in [0.2, 0.25) is 0 Å². The molecular weight excluding hydrogens is 345 g/mol. The van der Waals surface area contributed by atoms with Gasteiger partial charge in [-0.05, 0) is 13.8 Å². The summed E-state index contributed by atoms with van der Waals surface area (Å²) in [7, 11) is -3.03. The Morgan fingerprint density at radius 1 is 0.870 bits per heavy atom. The van der Waals surface area contributed by atoms with Crippen LogP contribution in [0.5, 0.6) is 0 Å². The molecule has 0 aliphatic carbocycles. The number of hydrogen-bond donors (Lipinski definition) is 2. The lowest BCUT2D eigenvalue weighted by Gasteiger charge is -2.10. The van der Waals surface area contributed by atoms with Crippen LogP contribution in [0.25, 0.3) is 0 Å². The first-order valence-electron chi connectivity index (χ1n) is 6.35. The van der Waals surface area contributed by atoms with Crippen LogP contribution in [0, 0.1) is 0 Å². The van der Waals surface area contributed by atoms with Crippen LogP contribution >= 0.6 is 16.0 Å². The Bertz CT molecular complexity index is 428. The molecular formula is C12H20BO8P2. The summed E-state index contributed by atoms with van der Waals surface area (Å²) in [5.41, 5.74) is 0.756. The molecule has 129 valence electrons. The van der Waals surface area contributed by atoms with Crippen molar-refractivity contribution in [2.24, 2.45) is 0 Å². The molecule has 0 heterocycles. The number of rotatable bonds is 12. The highest BCUT2D eigenvalue weighted by Gasteiger charge is 2.10. The van der Waals surface area contributed by atoms with E-state index in [1.807, 2.05) is 0 Å². The van der Waals surface area contributed by atoms with Crippen LogP contribution < -0.4 is 9.79 Å². The van der Waals surface area contributed by atoms with Gasteiger partial charge in [-0.1, -0.05) is 0 Å². The molecule has 0 saturated carbocycles. The molecule has 2 atom stereocenters. The standard InChI is InChI=1S/C12H20BO8P2/c1-9(14)11(7-20-22(3)16)5-18-13-19-6-12(10(2)15)8-21-23(4)17/h14-15H,3-8H2,1-2H3/b11-9-,12-10-. The molecule has 0 saturated heterocycles. The van der Waals surface area contributed by atoms with E-state index < -0.39 is 16.0 Å². The predicted molar refractivity (Wildman–Crippen MR) is 88.3 cm³/mol. The molecule has 11 heteroatoms. The van der Waals surface area contributed by atoms with Crippen LogP contribution in [0.15, 0.2) is 22.7 Å². The van der Waals surface area contributed by atoms with Crippen LogP contribution in [-0.4, -0.2) is 56.9 Å². The minimum atomic E-state index is -2.02. The van der Waals surface area contributed by atoms with Gasteiger partial charge in [-0.15, -0.1) is 0 Å². The van der Waals surface area contributed by atoms with Crippen molar-refractivity contribution < 1.29 is 38.4 Å². The lowest BCUT2D eigenvalue weighted by atomic mass is 10.2. The van der Waals surface area contributed by atoms with E-state index in [1.165, 1.54) is 13.8 Å².